The highest BCUT2D eigenvalue weighted by Gasteiger charge is 2.37. The molecule has 2 N–H and O–H groups in total. The lowest BCUT2D eigenvalue weighted by Gasteiger charge is -2.48. The number of nitrogens with zero attached hydrogens (tertiary/aromatic N) is 1. The van der Waals surface area contributed by atoms with Gasteiger partial charge in [-0.25, -0.2) is 0 Å². The van der Waals surface area contributed by atoms with E-state index in [0.717, 1.165) is 18.4 Å². The molecule has 112 valence electrons. The Labute approximate surface area is 118 Å². The maximum absolute atomic E-state index is 9.58. The summed E-state index contributed by atoms with van der Waals surface area (Å²) in [6, 6.07) is 1.38. The van der Waals surface area contributed by atoms with Gasteiger partial charge in [-0.3, -0.25) is 4.90 Å². The molecule has 1 aliphatic carbocycles. The number of hydrogen-bond donors (Lipinski definition) is 2. The third-order valence-corrected chi connectivity index (χ3v) is 5.55. The lowest BCUT2D eigenvalue weighted by atomic mass is 9.77. The molecule has 1 saturated heterocycles. The van der Waals surface area contributed by atoms with Crippen LogP contribution in [0.15, 0.2) is 0 Å². The van der Waals surface area contributed by atoms with Crippen LogP contribution in [0.3, 0.4) is 0 Å². The molecule has 0 bridgehead atoms. The summed E-state index contributed by atoms with van der Waals surface area (Å²) in [5.74, 6) is 0.944. The predicted octanol–water partition coefficient (Wildman–Crippen LogP) is 2.39. The first-order valence-corrected chi connectivity index (χ1v) is 8.15. The molecule has 4 atom stereocenters. The number of aliphatic hydroxyl groups excluding tert-OH is 1. The van der Waals surface area contributed by atoms with Crippen molar-refractivity contribution in [2.24, 2.45) is 5.92 Å². The molecular weight excluding hydrogens is 236 g/mol. The second kappa shape index (κ2) is 6.55. The van der Waals surface area contributed by atoms with Gasteiger partial charge in [-0.05, 0) is 65.5 Å². The van der Waals surface area contributed by atoms with Crippen LogP contribution in [0.5, 0.6) is 0 Å². The van der Waals surface area contributed by atoms with Crippen molar-refractivity contribution in [3.63, 3.8) is 0 Å². The Morgan fingerprint density at radius 3 is 2.63 bits per heavy atom. The zero-order chi connectivity index (χ0) is 13.9. The third kappa shape index (κ3) is 3.50. The molecular formula is C16H32N2O. The van der Waals surface area contributed by atoms with E-state index in [0.29, 0.717) is 6.04 Å². The van der Waals surface area contributed by atoms with E-state index in [9.17, 15) is 5.11 Å². The Balaban J connectivity index is 1.98. The van der Waals surface area contributed by atoms with Crippen LogP contribution in [0, 0.1) is 5.92 Å². The molecule has 2 aliphatic rings. The number of hydrogen-bond acceptors (Lipinski definition) is 3. The van der Waals surface area contributed by atoms with Crippen LogP contribution in [0.4, 0.5) is 0 Å². The van der Waals surface area contributed by atoms with E-state index in [4.69, 9.17) is 0 Å². The van der Waals surface area contributed by atoms with Gasteiger partial charge >= 0.3 is 0 Å². The quantitative estimate of drug-likeness (QED) is 0.803. The molecule has 0 radical (unpaired) electrons. The van der Waals surface area contributed by atoms with Crippen molar-refractivity contribution in [3.05, 3.63) is 0 Å². The van der Waals surface area contributed by atoms with Gasteiger partial charge in [0.25, 0.3) is 0 Å². The van der Waals surface area contributed by atoms with Gasteiger partial charge in [-0.15, -0.1) is 0 Å². The molecule has 0 aromatic heterocycles. The molecule has 0 aromatic rings. The Morgan fingerprint density at radius 2 is 1.95 bits per heavy atom. The summed E-state index contributed by atoms with van der Waals surface area (Å²) >= 11 is 0. The third-order valence-electron chi connectivity index (χ3n) is 5.55. The van der Waals surface area contributed by atoms with Crippen LogP contribution < -0.4 is 5.32 Å². The molecule has 2 fully saturated rings. The molecule has 1 saturated carbocycles. The fourth-order valence-corrected chi connectivity index (χ4v) is 4.23. The van der Waals surface area contributed by atoms with Gasteiger partial charge in [0.1, 0.15) is 0 Å². The summed E-state index contributed by atoms with van der Waals surface area (Å²) in [6.07, 6.45) is 9.52. The zero-order valence-corrected chi connectivity index (χ0v) is 13.0. The normalized spacial score (nSPS) is 33.5. The zero-order valence-electron chi connectivity index (χ0n) is 13.0. The van der Waals surface area contributed by atoms with Gasteiger partial charge in [0, 0.05) is 17.6 Å². The Morgan fingerprint density at radius 1 is 1.26 bits per heavy atom. The first-order chi connectivity index (χ1) is 9.09. The van der Waals surface area contributed by atoms with Gasteiger partial charge in [0.2, 0.25) is 0 Å². The lowest BCUT2D eigenvalue weighted by Crippen LogP contribution is -2.55. The maximum atomic E-state index is 9.58. The van der Waals surface area contributed by atoms with Gasteiger partial charge < -0.3 is 10.4 Å². The highest BCUT2D eigenvalue weighted by atomic mass is 16.3. The number of piperidine rings is 1. The number of fused-ring (bicyclic) bond motifs is 1. The predicted molar refractivity (Wildman–Crippen MR) is 80.3 cm³/mol. The van der Waals surface area contributed by atoms with Crippen LogP contribution in [0.25, 0.3) is 0 Å². The van der Waals surface area contributed by atoms with Crippen molar-refractivity contribution >= 4 is 0 Å². The van der Waals surface area contributed by atoms with E-state index in [1.54, 1.807) is 0 Å². The average Bonchev–Trinajstić information content (AvgIpc) is 2.46. The minimum Gasteiger partial charge on any atom is -0.394 e. The molecule has 0 spiro atoms. The van der Waals surface area contributed by atoms with Gasteiger partial charge in [-0.2, -0.15) is 0 Å². The van der Waals surface area contributed by atoms with Crippen molar-refractivity contribution in [1.29, 1.82) is 0 Å². The average molecular weight is 268 g/mol. The van der Waals surface area contributed by atoms with Gasteiger partial charge in [0.15, 0.2) is 0 Å². The monoisotopic (exact) mass is 268 g/mol. The first kappa shape index (κ1) is 15.3. The fourth-order valence-electron chi connectivity index (χ4n) is 4.23. The Hall–Kier alpha value is -0.120. The summed E-state index contributed by atoms with van der Waals surface area (Å²) in [6.45, 7) is 5.96. The molecule has 3 heteroatoms. The van der Waals surface area contributed by atoms with E-state index in [1.165, 1.54) is 45.1 Å². The first-order valence-electron chi connectivity index (χ1n) is 8.15. The van der Waals surface area contributed by atoms with Crippen molar-refractivity contribution in [3.8, 4) is 0 Å². The van der Waals surface area contributed by atoms with Crippen LogP contribution >= 0.6 is 0 Å². The Kier molecular flexibility index (Phi) is 5.27. The standard InChI is InChI=1S/C16H32N2O/c1-13(11-16(2,12-19)17-3)18-10-6-8-14-7-4-5-9-15(14)18/h13-15,17,19H,4-12H2,1-3H3/t13?,14-,15-,16?/m1/s1. The van der Waals surface area contributed by atoms with Crippen molar-refractivity contribution in [1.82, 2.24) is 10.2 Å². The molecule has 2 rings (SSSR count). The van der Waals surface area contributed by atoms with Gasteiger partial charge in [-0.1, -0.05) is 12.8 Å². The smallest absolute Gasteiger partial charge is 0.0611 e. The van der Waals surface area contributed by atoms with E-state index in [-0.39, 0.29) is 12.1 Å². The summed E-state index contributed by atoms with van der Waals surface area (Å²) in [7, 11) is 1.96. The molecule has 0 aromatic carbocycles. The van der Waals surface area contributed by atoms with E-state index < -0.39 is 0 Å². The largest absolute Gasteiger partial charge is 0.394 e. The summed E-state index contributed by atoms with van der Waals surface area (Å²) in [5, 5.41) is 12.9. The number of nitrogens with one attached hydrogen (secondary N) is 1. The van der Waals surface area contributed by atoms with E-state index in [2.05, 4.69) is 24.1 Å². The van der Waals surface area contributed by atoms with E-state index >= 15 is 0 Å². The maximum Gasteiger partial charge on any atom is 0.0611 e. The molecule has 3 nitrogen and oxygen atoms in total. The van der Waals surface area contributed by atoms with Crippen LogP contribution in [-0.2, 0) is 0 Å². The summed E-state index contributed by atoms with van der Waals surface area (Å²) < 4.78 is 0. The van der Waals surface area contributed by atoms with Crippen LogP contribution in [0.1, 0.15) is 58.8 Å². The van der Waals surface area contributed by atoms with Crippen molar-refractivity contribution in [2.75, 3.05) is 20.2 Å². The molecule has 1 heterocycles. The second-order valence-corrected chi connectivity index (χ2v) is 7.01. The van der Waals surface area contributed by atoms with Gasteiger partial charge in [0.05, 0.1) is 6.61 Å². The number of likely N-dealkylation sites (N-methyl/N-ethyl adjacent to an activating group) is 1. The molecule has 2 unspecified atom stereocenters. The minimum atomic E-state index is -0.138. The van der Waals surface area contributed by atoms with Crippen molar-refractivity contribution in [2.45, 2.75) is 76.4 Å². The molecule has 0 amide bonds. The molecule has 19 heavy (non-hydrogen) atoms. The number of aliphatic hydroxyl groups is 1. The lowest BCUT2D eigenvalue weighted by molar-refractivity contribution is 0.0150. The fraction of sp³-hybridized carbons (Fsp3) is 1.00. The second-order valence-electron chi connectivity index (χ2n) is 7.01. The topological polar surface area (TPSA) is 35.5 Å². The highest BCUT2D eigenvalue weighted by molar-refractivity contribution is 4.93. The summed E-state index contributed by atoms with van der Waals surface area (Å²) in [4.78, 5) is 2.75. The van der Waals surface area contributed by atoms with Crippen molar-refractivity contribution < 1.29 is 5.11 Å². The number of likely N-dealkylation sites (tertiary alicyclic amines) is 1. The SMILES string of the molecule is CNC(C)(CO)CC(C)N1CCC[C@H]2CCCC[C@H]21. The van der Waals surface area contributed by atoms with Crippen LogP contribution in [-0.4, -0.2) is 47.8 Å². The molecule has 1 aliphatic heterocycles. The highest BCUT2D eigenvalue weighted by Crippen LogP contribution is 2.37. The minimum absolute atomic E-state index is 0.138. The number of rotatable bonds is 5. The summed E-state index contributed by atoms with van der Waals surface area (Å²) in [5.41, 5.74) is -0.138. The van der Waals surface area contributed by atoms with E-state index in [1.807, 2.05) is 7.05 Å². The Bertz CT molecular complexity index is 276. The van der Waals surface area contributed by atoms with Crippen LogP contribution in [0.2, 0.25) is 0 Å².